The Balaban J connectivity index is 1.74. The number of ketones is 1. The summed E-state index contributed by atoms with van der Waals surface area (Å²) in [6, 6.07) is 29.9. The lowest BCUT2D eigenvalue weighted by Crippen LogP contribution is -2.11. The summed E-state index contributed by atoms with van der Waals surface area (Å²) in [6.45, 7) is 0. The standard InChI is InChI=1S/C26H26O2/c27-25(18-16-21-10-4-1-5-11-21)24(20-23-14-8-3-9-15-23)26(28)19-17-22-12-6-2-7-13-22/h1-15,27H,16-20H2/b25-24-. The fourth-order valence-electron chi connectivity index (χ4n) is 3.27. The van der Waals surface area contributed by atoms with Crippen molar-refractivity contribution in [3.63, 3.8) is 0 Å². The summed E-state index contributed by atoms with van der Waals surface area (Å²) in [6.07, 6.45) is 2.75. The van der Waals surface area contributed by atoms with Gasteiger partial charge in [0.2, 0.25) is 0 Å². The quantitative estimate of drug-likeness (QED) is 0.377. The van der Waals surface area contributed by atoms with Crippen molar-refractivity contribution < 1.29 is 9.90 Å². The van der Waals surface area contributed by atoms with Crippen molar-refractivity contribution in [1.29, 1.82) is 0 Å². The number of carbonyl (C=O) groups is 1. The smallest absolute Gasteiger partial charge is 0.162 e. The highest BCUT2D eigenvalue weighted by Gasteiger charge is 2.16. The summed E-state index contributed by atoms with van der Waals surface area (Å²) in [4.78, 5) is 13.0. The van der Waals surface area contributed by atoms with Gasteiger partial charge in [-0.05, 0) is 29.5 Å². The molecular weight excluding hydrogens is 344 g/mol. The van der Waals surface area contributed by atoms with Gasteiger partial charge in [-0.15, -0.1) is 0 Å². The average Bonchev–Trinajstić information content (AvgIpc) is 2.76. The van der Waals surface area contributed by atoms with Crippen LogP contribution in [0.15, 0.2) is 102 Å². The molecule has 28 heavy (non-hydrogen) atoms. The summed E-state index contributed by atoms with van der Waals surface area (Å²) >= 11 is 0. The summed E-state index contributed by atoms with van der Waals surface area (Å²) in [5.74, 6) is 0.240. The van der Waals surface area contributed by atoms with Crippen LogP contribution in [0.4, 0.5) is 0 Å². The van der Waals surface area contributed by atoms with Gasteiger partial charge in [-0.25, -0.2) is 0 Å². The lowest BCUT2D eigenvalue weighted by molar-refractivity contribution is -0.115. The van der Waals surface area contributed by atoms with E-state index >= 15 is 0 Å². The molecule has 2 nitrogen and oxygen atoms in total. The first-order valence-electron chi connectivity index (χ1n) is 9.78. The minimum Gasteiger partial charge on any atom is -0.512 e. The third-order valence-electron chi connectivity index (χ3n) is 4.89. The molecule has 0 unspecified atom stereocenters. The van der Waals surface area contributed by atoms with E-state index in [0.29, 0.717) is 31.3 Å². The topological polar surface area (TPSA) is 37.3 Å². The number of rotatable bonds is 9. The molecule has 0 saturated carbocycles. The Morgan fingerprint density at radius 2 is 1.04 bits per heavy atom. The highest BCUT2D eigenvalue weighted by atomic mass is 16.3. The van der Waals surface area contributed by atoms with Gasteiger partial charge in [0, 0.05) is 24.8 Å². The predicted octanol–water partition coefficient (Wildman–Crippen LogP) is 5.88. The monoisotopic (exact) mass is 370 g/mol. The molecule has 142 valence electrons. The van der Waals surface area contributed by atoms with Crippen molar-refractivity contribution >= 4 is 5.78 Å². The van der Waals surface area contributed by atoms with E-state index in [9.17, 15) is 9.90 Å². The molecule has 2 heteroatoms. The van der Waals surface area contributed by atoms with Crippen LogP contribution in [-0.4, -0.2) is 10.9 Å². The number of allylic oxidation sites excluding steroid dienone is 2. The van der Waals surface area contributed by atoms with E-state index < -0.39 is 0 Å². The molecule has 0 aromatic heterocycles. The number of benzene rings is 3. The van der Waals surface area contributed by atoms with E-state index in [4.69, 9.17) is 0 Å². The van der Waals surface area contributed by atoms with Crippen LogP contribution in [0, 0.1) is 0 Å². The number of hydrogen-bond donors (Lipinski definition) is 1. The second-order valence-electron chi connectivity index (χ2n) is 6.98. The molecule has 0 bridgehead atoms. The van der Waals surface area contributed by atoms with E-state index in [1.54, 1.807) is 0 Å². The molecule has 0 fully saturated rings. The van der Waals surface area contributed by atoms with Crippen LogP contribution >= 0.6 is 0 Å². The van der Waals surface area contributed by atoms with Gasteiger partial charge in [0.15, 0.2) is 5.78 Å². The second-order valence-corrected chi connectivity index (χ2v) is 6.98. The van der Waals surface area contributed by atoms with Crippen LogP contribution in [-0.2, 0) is 24.1 Å². The van der Waals surface area contributed by atoms with Crippen LogP contribution in [0.1, 0.15) is 29.5 Å². The minimum absolute atomic E-state index is 0.0262. The van der Waals surface area contributed by atoms with Crippen molar-refractivity contribution in [1.82, 2.24) is 0 Å². The van der Waals surface area contributed by atoms with Gasteiger partial charge in [-0.3, -0.25) is 4.79 Å². The van der Waals surface area contributed by atoms with Gasteiger partial charge < -0.3 is 5.11 Å². The Bertz CT molecular complexity index is 897. The largest absolute Gasteiger partial charge is 0.512 e. The van der Waals surface area contributed by atoms with Crippen LogP contribution in [0.3, 0.4) is 0 Å². The third kappa shape index (κ3) is 5.95. The van der Waals surface area contributed by atoms with Crippen molar-refractivity contribution in [3.05, 3.63) is 119 Å². The first-order chi connectivity index (χ1) is 13.7. The van der Waals surface area contributed by atoms with Crippen molar-refractivity contribution in [2.75, 3.05) is 0 Å². The second kappa shape index (κ2) is 10.3. The maximum Gasteiger partial charge on any atom is 0.162 e. The highest BCUT2D eigenvalue weighted by molar-refractivity contribution is 5.96. The Labute approximate surface area is 167 Å². The van der Waals surface area contributed by atoms with Gasteiger partial charge in [0.25, 0.3) is 0 Å². The van der Waals surface area contributed by atoms with Crippen molar-refractivity contribution in [2.45, 2.75) is 32.1 Å². The maximum absolute atomic E-state index is 13.0. The summed E-state index contributed by atoms with van der Waals surface area (Å²) in [5, 5.41) is 10.8. The Morgan fingerprint density at radius 1 is 0.607 bits per heavy atom. The molecular formula is C26H26O2. The van der Waals surface area contributed by atoms with E-state index in [1.807, 2.05) is 91.0 Å². The van der Waals surface area contributed by atoms with Crippen molar-refractivity contribution in [3.8, 4) is 0 Å². The van der Waals surface area contributed by atoms with E-state index in [1.165, 1.54) is 0 Å². The fraction of sp³-hybridized carbons (Fsp3) is 0.192. The van der Waals surface area contributed by atoms with E-state index in [2.05, 4.69) is 0 Å². The molecule has 0 aliphatic heterocycles. The molecule has 0 aliphatic rings. The van der Waals surface area contributed by atoms with Crippen molar-refractivity contribution in [2.24, 2.45) is 0 Å². The fourth-order valence-corrected chi connectivity index (χ4v) is 3.27. The Morgan fingerprint density at radius 3 is 1.54 bits per heavy atom. The lowest BCUT2D eigenvalue weighted by atomic mass is 9.94. The summed E-state index contributed by atoms with van der Waals surface area (Å²) in [7, 11) is 0. The lowest BCUT2D eigenvalue weighted by Gasteiger charge is -2.11. The molecule has 3 aromatic rings. The Kier molecular flexibility index (Phi) is 7.20. The van der Waals surface area contributed by atoms with Gasteiger partial charge in [0.1, 0.15) is 0 Å². The molecule has 1 N–H and O–H groups in total. The Hall–Kier alpha value is -3.13. The summed E-state index contributed by atoms with van der Waals surface area (Å²) < 4.78 is 0. The van der Waals surface area contributed by atoms with Gasteiger partial charge in [0.05, 0.1) is 5.76 Å². The highest BCUT2D eigenvalue weighted by Crippen LogP contribution is 2.19. The molecule has 0 saturated heterocycles. The number of hydrogen-bond acceptors (Lipinski definition) is 2. The third-order valence-corrected chi connectivity index (χ3v) is 4.89. The molecule has 0 amide bonds. The predicted molar refractivity (Wildman–Crippen MR) is 114 cm³/mol. The molecule has 0 spiro atoms. The zero-order valence-corrected chi connectivity index (χ0v) is 16.1. The van der Waals surface area contributed by atoms with Gasteiger partial charge >= 0.3 is 0 Å². The molecule has 0 heterocycles. The molecule has 3 aromatic carbocycles. The number of Topliss-reactive ketones (excluding diaryl/α,β-unsaturated/α-hetero) is 1. The molecule has 0 atom stereocenters. The van der Waals surface area contributed by atoms with Gasteiger partial charge in [-0.1, -0.05) is 91.0 Å². The van der Waals surface area contributed by atoms with Crippen LogP contribution in [0.25, 0.3) is 0 Å². The molecule has 0 aliphatic carbocycles. The van der Waals surface area contributed by atoms with Crippen LogP contribution < -0.4 is 0 Å². The number of aliphatic hydroxyl groups excluding tert-OH is 1. The molecule has 3 rings (SSSR count). The maximum atomic E-state index is 13.0. The first kappa shape index (κ1) is 19.6. The summed E-state index contributed by atoms with van der Waals surface area (Å²) in [5.41, 5.74) is 3.87. The minimum atomic E-state index is 0.0262. The van der Waals surface area contributed by atoms with Crippen LogP contribution in [0.5, 0.6) is 0 Å². The first-order valence-corrected chi connectivity index (χ1v) is 9.78. The zero-order valence-electron chi connectivity index (χ0n) is 16.1. The SMILES string of the molecule is O=C(CCc1ccccc1)/C(Cc1ccccc1)=C(\O)CCc1ccccc1. The van der Waals surface area contributed by atoms with Gasteiger partial charge in [-0.2, -0.15) is 0 Å². The van der Waals surface area contributed by atoms with E-state index in [-0.39, 0.29) is 11.5 Å². The number of carbonyl (C=O) groups excluding carboxylic acids is 1. The average molecular weight is 370 g/mol. The normalized spacial score (nSPS) is 11.7. The van der Waals surface area contributed by atoms with E-state index in [0.717, 1.165) is 23.1 Å². The number of aryl methyl sites for hydroxylation is 2. The zero-order chi connectivity index (χ0) is 19.6. The van der Waals surface area contributed by atoms with Crippen LogP contribution in [0.2, 0.25) is 0 Å². The molecule has 0 radical (unpaired) electrons. The number of aliphatic hydroxyl groups is 1.